The molecule has 1 rings (SSSR count). The van der Waals surface area contributed by atoms with Crippen LogP contribution in [-0.2, 0) is 0 Å². The van der Waals surface area contributed by atoms with Crippen molar-refractivity contribution in [3.05, 3.63) is 0 Å². The van der Waals surface area contributed by atoms with Crippen molar-refractivity contribution in [2.45, 2.75) is 31.7 Å². The Morgan fingerprint density at radius 1 is 0.714 bits per heavy atom. The molecule has 1 saturated heterocycles. The second kappa shape index (κ2) is 5.10. The number of rotatable bonds is 3. The molecule has 0 bridgehead atoms. The lowest BCUT2D eigenvalue weighted by Crippen LogP contribution is -2.87. The van der Waals surface area contributed by atoms with E-state index in [2.05, 4.69) is 105 Å². The van der Waals surface area contributed by atoms with Gasteiger partial charge in [-0.2, -0.15) is 0 Å². The molecule has 1 fully saturated rings. The third-order valence-corrected chi connectivity index (χ3v) is 6.81. The largest absolute Gasteiger partial charge is 0.327 e. The summed E-state index contributed by atoms with van der Waals surface area (Å²) in [6, 6.07) is 0. The normalized spacial score (nSPS) is 29.7. The highest BCUT2D eigenvalue weighted by atomic mass is 15.2. The molecule has 21 heavy (non-hydrogen) atoms. The summed E-state index contributed by atoms with van der Waals surface area (Å²) in [4.78, 5) is 0. The number of piperazine rings is 1. The second-order valence-corrected chi connectivity index (χ2v) is 10.7. The first kappa shape index (κ1) is 19.7. The smallest absolute Gasteiger partial charge is 0.127 e. The predicted molar refractivity (Wildman–Crippen MR) is 130 cm³/mol. The Labute approximate surface area is 143 Å². The second-order valence-electron chi connectivity index (χ2n) is 10.7. The Morgan fingerprint density at radius 2 is 1.10 bits per heavy atom. The highest BCUT2D eigenvalue weighted by molar-refractivity contribution is 6.71. The zero-order valence-corrected chi connectivity index (χ0v) is 16.7. The predicted octanol–water partition coefficient (Wildman–Crippen LogP) is -11.9. The van der Waals surface area contributed by atoms with Crippen molar-refractivity contribution in [1.82, 2.24) is 10.6 Å². The van der Waals surface area contributed by atoms with Gasteiger partial charge in [-0.1, -0.05) is 5.31 Å². The highest BCUT2D eigenvalue weighted by Crippen LogP contribution is 2.63. The maximum Gasteiger partial charge on any atom is 0.127 e. The molecule has 102 valence electrons. The fourth-order valence-electron chi connectivity index (χ4n) is 4.87. The van der Waals surface area contributed by atoms with E-state index < -0.39 is 0 Å². The van der Waals surface area contributed by atoms with E-state index in [-0.39, 0.29) is 31.7 Å². The number of hydrogen-bond donors (Lipinski definition) is 2. The SMILES string of the molecule is BC1(B)CNC(B)(B)C(B)(C(B)(C(B)(B)B)C(B)(B)B)N1. The average Bonchev–Trinajstić information content (AvgIpc) is 2.19. The van der Waals surface area contributed by atoms with Gasteiger partial charge in [0.2, 0.25) is 0 Å². The van der Waals surface area contributed by atoms with Crippen LogP contribution in [0.3, 0.4) is 0 Å². The van der Waals surface area contributed by atoms with Crippen LogP contribution in [0, 0.1) is 0 Å². The minimum Gasteiger partial charge on any atom is -0.327 e. The van der Waals surface area contributed by atoms with Gasteiger partial charge in [-0.15, -0.1) is 10.2 Å². The molecule has 0 spiro atoms. The van der Waals surface area contributed by atoms with Gasteiger partial charge in [0.1, 0.15) is 47.1 Å². The van der Waals surface area contributed by atoms with Gasteiger partial charge in [-0.05, 0) is 22.7 Å². The molecular formula is C7H28B12N2. The molecule has 0 aliphatic carbocycles. The maximum absolute atomic E-state index is 4.05. The summed E-state index contributed by atoms with van der Waals surface area (Å²) in [5.74, 6) is 0. The molecule has 1 aliphatic heterocycles. The topological polar surface area (TPSA) is 24.1 Å². The Hall–Kier alpha value is 0.699. The molecule has 1 aliphatic rings. The van der Waals surface area contributed by atoms with Crippen LogP contribution in [0.4, 0.5) is 0 Å². The van der Waals surface area contributed by atoms with Gasteiger partial charge in [0.25, 0.3) is 0 Å². The van der Waals surface area contributed by atoms with Gasteiger partial charge in [-0.3, -0.25) is 0 Å². The molecule has 0 radical (unpaired) electrons. The van der Waals surface area contributed by atoms with Crippen molar-refractivity contribution in [2.75, 3.05) is 6.54 Å². The zero-order chi connectivity index (χ0) is 17.1. The van der Waals surface area contributed by atoms with Gasteiger partial charge in [0.05, 0.1) is 47.1 Å². The van der Waals surface area contributed by atoms with Crippen LogP contribution in [-0.4, -0.2) is 117 Å². The lowest BCUT2D eigenvalue weighted by Gasteiger charge is -2.72. The monoisotopic (exact) mass is 272 g/mol. The van der Waals surface area contributed by atoms with Crippen molar-refractivity contribution < 1.29 is 0 Å². The Kier molecular flexibility index (Phi) is 4.79. The molecule has 0 saturated carbocycles. The number of hydrogen-bond acceptors (Lipinski definition) is 2. The van der Waals surface area contributed by atoms with E-state index in [1.807, 2.05) is 0 Å². The molecule has 0 aromatic heterocycles. The van der Waals surface area contributed by atoms with Crippen LogP contribution < -0.4 is 10.6 Å². The zero-order valence-electron chi connectivity index (χ0n) is 16.7. The summed E-state index contributed by atoms with van der Waals surface area (Å²) in [6.07, 6.45) is 0. The van der Waals surface area contributed by atoms with E-state index in [1.54, 1.807) is 0 Å². The van der Waals surface area contributed by atoms with E-state index in [9.17, 15) is 0 Å². The summed E-state index contributed by atoms with van der Waals surface area (Å²) in [5.41, 5.74) is -0.0295. The fraction of sp³-hybridized carbons (Fsp3) is 1.00. The van der Waals surface area contributed by atoms with E-state index in [1.165, 1.54) is 0 Å². The third kappa shape index (κ3) is 2.93. The van der Waals surface area contributed by atoms with Crippen molar-refractivity contribution in [2.24, 2.45) is 0 Å². The first-order valence-electron chi connectivity index (χ1n) is 8.46. The summed E-state index contributed by atoms with van der Waals surface area (Å²) in [6.45, 7) is 1.000. The standard InChI is InChI=1S/C7H28B12N2/c8-2(9)1-20-7(18,19)4(11,21-2)3(10,5(12,13)14)6(15,16)17/h20-21H,1,8-19H2. The fourth-order valence-corrected chi connectivity index (χ4v) is 4.87. The van der Waals surface area contributed by atoms with E-state index in [4.69, 9.17) is 0 Å². The first-order valence-corrected chi connectivity index (χ1v) is 8.46. The van der Waals surface area contributed by atoms with E-state index in [0.717, 1.165) is 6.54 Å². The van der Waals surface area contributed by atoms with Gasteiger partial charge in [0, 0.05) is 0 Å². The molecule has 2 N–H and O–H groups in total. The van der Waals surface area contributed by atoms with Crippen LogP contribution in [0.1, 0.15) is 0 Å². The van der Waals surface area contributed by atoms with Crippen molar-refractivity contribution in [3.63, 3.8) is 0 Å². The minimum absolute atomic E-state index is 0.0256. The number of nitrogens with one attached hydrogen (secondary N) is 2. The Bertz CT molecular complexity index is 397. The average molecular weight is 270 g/mol. The maximum atomic E-state index is 4.05. The molecular weight excluding hydrogens is 242 g/mol. The van der Waals surface area contributed by atoms with Crippen LogP contribution in [0.2, 0.25) is 15.5 Å². The van der Waals surface area contributed by atoms with Gasteiger partial charge >= 0.3 is 0 Å². The van der Waals surface area contributed by atoms with Gasteiger partial charge in [-0.25, -0.2) is 0 Å². The van der Waals surface area contributed by atoms with Crippen LogP contribution in [0.25, 0.3) is 0 Å². The molecule has 0 amide bonds. The van der Waals surface area contributed by atoms with Crippen molar-refractivity contribution in [1.29, 1.82) is 0 Å². The molecule has 1 unspecified atom stereocenters. The third-order valence-electron chi connectivity index (χ3n) is 6.81. The molecule has 1 heterocycles. The Morgan fingerprint density at radius 3 is 1.43 bits per heavy atom. The van der Waals surface area contributed by atoms with Crippen LogP contribution >= 0.6 is 0 Å². The summed E-state index contributed by atoms with van der Waals surface area (Å²) in [5, 5.41) is 8.46. The quantitative estimate of drug-likeness (QED) is 0.498. The summed E-state index contributed by atoms with van der Waals surface area (Å²) < 4.78 is 0. The minimum atomic E-state index is -0.0295. The molecule has 0 aromatic rings. The molecule has 1 atom stereocenters. The van der Waals surface area contributed by atoms with Crippen LogP contribution in [0.15, 0.2) is 0 Å². The van der Waals surface area contributed by atoms with E-state index in [0.29, 0.717) is 0 Å². The van der Waals surface area contributed by atoms with Crippen molar-refractivity contribution in [3.8, 4) is 0 Å². The van der Waals surface area contributed by atoms with Gasteiger partial charge in [0.15, 0.2) is 0 Å². The summed E-state index contributed by atoms with van der Waals surface area (Å²) >= 11 is 0. The lowest BCUT2D eigenvalue weighted by molar-refractivity contribution is 0.207. The first-order chi connectivity index (χ1) is 8.91. The summed E-state index contributed by atoms with van der Waals surface area (Å²) in [7, 11) is 28.6. The lowest BCUT2D eigenvalue weighted by atomic mass is 9.08. The molecule has 14 heteroatoms. The van der Waals surface area contributed by atoms with Gasteiger partial charge < -0.3 is 10.6 Å². The molecule has 2 nitrogen and oxygen atoms in total. The molecule has 0 aromatic carbocycles. The van der Waals surface area contributed by atoms with E-state index >= 15 is 0 Å². The Balaban J connectivity index is 3.60. The van der Waals surface area contributed by atoms with Crippen molar-refractivity contribution >= 4 is 94.2 Å². The highest BCUT2D eigenvalue weighted by Gasteiger charge is 2.63. The van der Waals surface area contributed by atoms with Crippen LogP contribution in [0.5, 0.6) is 0 Å².